The molecule has 0 atom stereocenters. The number of aryl methyl sites for hydroxylation is 1. The zero-order valence-electron chi connectivity index (χ0n) is 10.9. The van der Waals surface area contributed by atoms with Gasteiger partial charge < -0.3 is 9.52 Å². The third-order valence-corrected chi connectivity index (χ3v) is 2.87. The van der Waals surface area contributed by atoms with Crippen molar-refractivity contribution < 1.29 is 22.7 Å². The fourth-order valence-corrected chi connectivity index (χ4v) is 1.86. The molecule has 0 bridgehead atoms. The molecule has 3 nitrogen and oxygen atoms in total. The second-order valence-electron chi connectivity index (χ2n) is 4.37. The first kappa shape index (κ1) is 14.6. The first-order chi connectivity index (χ1) is 9.45. The van der Waals surface area contributed by atoms with E-state index in [4.69, 9.17) is 4.42 Å². The molecule has 0 radical (unpaired) electrons. The number of oxazole rings is 1. The maximum Gasteiger partial charge on any atom is 0.416 e. The second-order valence-corrected chi connectivity index (χ2v) is 4.37. The van der Waals surface area contributed by atoms with Crippen molar-refractivity contribution in [2.24, 2.45) is 0 Å². The number of hydrogen-bond acceptors (Lipinski definition) is 3. The van der Waals surface area contributed by atoms with Crippen LogP contribution in [0, 0.1) is 0 Å². The third kappa shape index (κ3) is 3.01. The van der Waals surface area contributed by atoms with Gasteiger partial charge in [-0.1, -0.05) is 13.3 Å². The van der Waals surface area contributed by atoms with Crippen LogP contribution in [0.2, 0.25) is 0 Å². The van der Waals surface area contributed by atoms with Crippen LogP contribution in [0.4, 0.5) is 13.2 Å². The molecule has 1 aromatic heterocycles. The van der Waals surface area contributed by atoms with Gasteiger partial charge in [0.25, 0.3) is 0 Å². The Morgan fingerprint density at radius 2 is 1.85 bits per heavy atom. The van der Waals surface area contributed by atoms with E-state index in [-0.39, 0.29) is 12.5 Å². The summed E-state index contributed by atoms with van der Waals surface area (Å²) in [5, 5.41) is 9.17. The van der Waals surface area contributed by atoms with Gasteiger partial charge in [0.05, 0.1) is 11.3 Å². The number of aromatic nitrogens is 1. The van der Waals surface area contributed by atoms with Gasteiger partial charge in [-0.05, 0) is 30.7 Å². The molecular weight excluding hydrogens is 271 g/mol. The summed E-state index contributed by atoms with van der Waals surface area (Å²) in [5.41, 5.74) is 0.379. The maximum absolute atomic E-state index is 12.5. The van der Waals surface area contributed by atoms with Gasteiger partial charge in [-0.2, -0.15) is 13.2 Å². The zero-order valence-corrected chi connectivity index (χ0v) is 10.9. The molecule has 1 N–H and O–H groups in total. The highest BCUT2D eigenvalue weighted by molar-refractivity contribution is 5.54. The average Bonchev–Trinajstić information content (AvgIpc) is 2.81. The van der Waals surface area contributed by atoms with Crippen molar-refractivity contribution in [2.75, 3.05) is 0 Å². The monoisotopic (exact) mass is 285 g/mol. The Morgan fingerprint density at radius 3 is 2.35 bits per heavy atom. The highest BCUT2D eigenvalue weighted by Gasteiger charge is 2.30. The number of benzene rings is 1. The van der Waals surface area contributed by atoms with E-state index in [9.17, 15) is 18.3 Å². The Kier molecular flexibility index (Phi) is 4.13. The highest BCUT2D eigenvalue weighted by Crippen LogP contribution is 2.31. The minimum atomic E-state index is -4.36. The van der Waals surface area contributed by atoms with E-state index in [0.717, 1.165) is 18.6 Å². The maximum atomic E-state index is 12.5. The van der Waals surface area contributed by atoms with Crippen molar-refractivity contribution in [1.82, 2.24) is 4.98 Å². The van der Waals surface area contributed by atoms with E-state index in [2.05, 4.69) is 4.98 Å². The van der Waals surface area contributed by atoms with Crippen LogP contribution >= 0.6 is 0 Å². The van der Waals surface area contributed by atoms with Crippen molar-refractivity contribution in [3.63, 3.8) is 0 Å². The number of alkyl halides is 3. The molecule has 2 rings (SSSR count). The standard InChI is InChI=1S/C14H14F3NO2/c1-2-3-11-12(8-19)20-13(18-11)9-4-6-10(7-5-9)14(15,16)17/h4-7,19H,2-3,8H2,1H3. The molecule has 108 valence electrons. The average molecular weight is 285 g/mol. The summed E-state index contributed by atoms with van der Waals surface area (Å²) in [4.78, 5) is 4.22. The zero-order chi connectivity index (χ0) is 14.8. The van der Waals surface area contributed by atoms with E-state index in [0.29, 0.717) is 23.4 Å². The van der Waals surface area contributed by atoms with Crippen LogP contribution in [0.5, 0.6) is 0 Å². The van der Waals surface area contributed by atoms with Gasteiger partial charge >= 0.3 is 6.18 Å². The number of rotatable bonds is 4. The molecule has 0 saturated heterocycles. The van der Waals surface area contributed by atoms with Gasteiger partial charge in [0, 0.05) is 5.56 Å². The predicted octanol–water partition coefficient (Wildman–Crippen LogP) is 3.81. The van der Waals surface area contributed by atoms with Crippen LogP contribution in [0.1, 0.15) is 30.4 Å². The topological polar surface area (TPSA) is 46.3 Å². The van der Waals surface area contributed by atoms with Gasteiger partial charge in [0.2, 0.25) is 5.89 Å². The Bertz CT molecular complexity index is 573. The van der Waals surface area contributed by atoms with Crippen molar-refractivity contribution in [3.8, 4) is 11.5 Å². The van der Waals surface area contributed by atoms with E-state index in [1.54, 1.807) is 0 Å². The molecule has 1 heterocycles. The largest absolute Gasteiger partial charge is 0.438 e. The van der Waals surface area contributed by atoms with Gasteiger partial charge in [0.1, 0.15) is 6.61 Å². The summed E-state index contributed by atoms with van der Waals surface area (Å²) in [6.07, 6.45) is -2.87. The number of nitrogens with zero attached hydrogens (tertiary/aromatic N) is 1. The molecule has 0 spiro atoms. The molecule has 20 heavy (non-hydrogen) atoms. The van der Waals surface area contributed by atoms with Gasteiger partial charge in [0.15, 0.2) is 5.76 Å². The minimum absolute atomic E-state index is 0.228. The van der Waals surface area contributed by atoms with Crippen LogP contribution in [0.3, 0.4) is 0 Å². The molecule has 0 saturated carbocycles. The summed E-state index contributed by atoms with van der Waals surface area (Å²) in [6, 6.07) is 4.59. The van der Waals surface area contributed by atoms with Crippen LogP contribution in [0.25, 0.3) is 11.5 Å². The molecule has 0 aliphatic heterocycles. The molecule has 0 aliphatic rings. The van der Waals surface area contributed by atoms with E-state index < -0.39 is 11.7 Å². The lowest BCUT2D eigenvalue weighted by molar-refractivity contribution is -0.137. The lowest BCUT2D eigenvalue weighted by atomic mass is 10.1. The molecule has 2 aromatic rings. The summed E-state index contributed by atoms with van der Waals surface area (Å²) >= 11 is 0. The minimum Gasteiger partial charge on any atom is -0.438 e. The Hall–Kier alpha value is -1.82. The van der Waals surface area contributed by atoms with Gasteiger partial charge in [-0.25, -0.2) is 4.98 Å². The number of halogens is 3. The molecule has 0 fully saturated rings. The van der Waals surface area contributed by atoms with Crippen molar-refractivity contribution in [1.29, 1.82) is 0 Å². The smallest absolute Gasteiger partial charge is 0.416 e. The quantitative estimate of drug-likeness (QED) is 0.929. The van der Waals surface area contributed by atoms with E-state index in [1.807, 2.05) is 6.92 Å². The van der Waals surface area contributed by atoms with Gasteiger partial charge in [-0.15, -0.1) is 0 Å². The first-order valence-corrected chi connectivity index (χ1v) is 6.22. The van der Waals surface area contributed by atoms with Crippen molar-refractivity contribution in [3.05, 3.63) is 41.3 Å². The third-order valence-electron chi connectivity index (χ3n) is 2.87. The van der Waals surface area contributed by atoms with Crippen molar-refractivity contribution in [2.45, 2.75) is 32.5 Å². The molecule has 1 aromatic carbocycles. The van der Waals surface area contributed by atoms with Crippen LogP contribution in [-0.4, -0.2) is 10.1 Å². The fourth-order valence-electron chi connectivity index (χ4n) is 1.86. The highest BCUT2D eigenvalue weighted by atomic mass is 19.4. The summed E-state index contributed by atoms with van der Waals surface area (Å²) in [7, 11) is 0. The molecule has 0 aliphatic carbocycles. The Morgan fingerprint density at radius 1 is 1.20 bits per heavy atom. The SMILES string of the molecule is CCCc1nc(-c2ccc(C(F)(F)F)cc2)oc1CO. The summed E-state index contributed by atoms with van der Waals surface area (Å²) in [6.45, 7) is 1.69. The summed E-state index contributed by atoms with van der Waals surface area (Å²) in [5.74, 6) is 0.591. The molecule has 0 unspecified atom stereocenters. The van der Waals surface area contributed by atoms with Crippen molar-refractivity contribution >= 4 is 0 Å². The number of aliphatic hydroxyl groups is 1. The number of hydrogen-bond donors (Lipinski definition) is 1. The van der Waals surface area contributed by atoms with Crippen LogP contribution < -0.4 is 0 Å². The van der Waals surface area contributed by atoms with E-state index >= 15 is 0 Å². The van der Waals surface area contributed by atoms with Gasteiger partial charge in [-0.3, -0.25) is 0 Å². The first-order valence-electron chi connectivity index (χ1n) is 6.22. The molecule has 6 heteroatoms. The normalized spacial score (nSPS) is 11.8. The lowest BCUT2D eigenvalue weighted by Gasteiger charge is -2.06. The number of aliphatic hydroxyl groups excluding tert-OH is 1. The van der Waals surface area contributed by atoms with E-state index in [1.165, 1.54) is 12.1 Å². The Balaban J connectivity index is 2.32. The molecule has 0 amide bonds. The second kappa shape index (κ2) is 5.66. The molecular formula is C14H14F3NO2. The fraction of sp³-hybridized carbons (Fsp3) is 0.357. The summed E-state index contributed by atoms with van der Waals surface area (Å²) < 4.78 is 42.8. The predicted molar refractivity (Wildman–Crippen MR) is 66.9 cm³/mol. The van der Waals surface area contributed by atoms with Crippen LogP contribution in [-0.2, 0) is 19.2 Å². The Labute approximate surface area is 114 Å². The van der Waals surface area contributed by atoms with Crippen LogP contribution in [0.15, 0.2) is 28.7 Å². The lowest BCUT2D eigenvalue weighted by Crippen LogP contribution is -2.03.